The Hall–Kier alpha value is -8.36. The molecule has 2 heterocycles. The summed E-state index contributed by atoms with van der Waals surface area (Å²) >= 11 is 12.2. The molecular weight excluding hydrogens is 1260 g/mol. The summed E-state index contributed by atoms with van der Waals surface area (Å²) in [5, 5.41) is 34.6. The minimum atomic E-state index is -5.58. The van der Waals surface area contributed by atoms with Crippen molar-refractivity contribution in [3.63, 3.8) is 0 Å². The second-order valence-electron chi connectivity index (χ2n) is 16.0. The Labute approximate surface area is 469 Å². The highest BCUT2D eigenvalue weighted by atomic mass is 35.5. The summed E-state index contributed by atoms with van der Waals surface area (Å²) in [5.74, 6) is -2.76. The molecule has 13 N–H and O–H groups in total. The summed E-state index contributed by atoms with van der Waals surface area (Å²) in [5.41, 5.74) is 1.03. The maximum Gasteiger partial charge on any atom is 0.296 e. The van der Waals surface area contributed by atoms with Gasteiger partial charge in [-0.3, -0.25) is 27.3 Å². The second-order valence-corrected chi connectivity index (χ2v) is 25.1. The first-order valence-corrected chi connectivity index (χ1v) is 30.6. The average Bonchev–Trinajstić information content (AvgIpc) is 3.44. The van der Waals surface area contributed by atoms with Crippen LogP contribution in [0.3, 0.4) is 0 Å². The van der Waals surface area contributed by atoms with Crippen LogP contribution in [-0.4, -0.2) is 113 Å². The molecule has 0 aliphatic heterocycles. The third-order valence-electron chi connectivity index (χ3n) is 10.4. The molecule has 8 rings (SSSR count). The molecule has 0 fully saturated rings. The Morgan fingerprint density at radius 3 is 1.10 bits per heavy atom. The Bertz CT molecular complexity index is 4490. The molecule has 0 saturated heterocycles. The van der Waals surface area contributed by atoms with E-state index in [1.165, 1.54) is 24.3 Å². The number of fused-ring (bicyclic) bond motifs is 1. The molecule has 34 nitrogen and oxygen atoms in total. The predicted molar refractivity (Wildman–Crippen MR) is 286 cm³/mol. The molecule has 0 radical (unpaired) electrons. The lowest BCUT2D eigenvalue weighted by Crippen LogP contribution is -2.05. The van der Waals surface area contributed by atoms with Crippen molar-refractivity contribution in [3.8, 4) is 5.75 Å². The van der Waals surface area contributed by atoms with Crippen molar-refractivity contribution in [2.75, 3.05) is 27.0 Å². The predicted octanol–water partition coefficient (Wildman–Crippen LogP) is 7.09. The molecule has 6 aromatic carbocycles. The van der Waals surface area contributed by atoms with Crippen LogP contribution >= 0.6 is 23.2 Å². The minimum absolute atomic E-state index is 0.0429. The third-order valence-corrected chi connectivity index (χ3v) is 15.9. The van der Waals surface area contributed by atoms with Crippen LogP contribution in [0.2, 0.25) is 10.6 Å². The standard InChI is InChI=1S/C40H29Cl2N15O19S6/c41-35-48-37(44-18-3-1-5-22(13-18)77(59,60)61)52-39(50-35)46-20-7-9-26(79(65,66)67)24(15-20)54-56-32-28(81(71,72)73)11-17-12-29(82(74,75)76)33(34(58)30(17)31(32)43)57-55-25-16-21(8-10-27(25)80(68,69)70)47-40-51-36(42)49-38(53-40)45-19-4-2-6-23(14-19)78(62,63)64/h1-16,58H,43H2,(H,59,60,61)(H,62,63,64)(H,65,66,67)(H,68,69,70)(H,71,72,73)(H,74,75,76)(H2,44,46,48,50,52)(H2,45,47,49,51,53). The second kappa shape index (κ2) is 22.2. The van der Waals surface area contributed by atoms with Gasteiger partial charge < -0.3 is 32.1 Å². The number of nitrogens with one attached hydrogen (secondary N) is 4. The Balaban J connectivity index is 1.18. The highest BCUT2D eigenvalue weighted by Crippen LogP contribution is 2.49. The van der Waals surface area contributed by atoms with E-state index in [0.29, 0.717) is 12.1 Å². The van der Waals surface area contributed by atoms with Gasteiger partial charge in [0.1, 0.15) is 42.3 Å². The van der Waals surface area contributed by atoms with E-state index in [0.717, 1.165) is 60.7 Å². The fraction of sp³-hybridized carbons (Fsp3) is 0. The maximum atomic E-state index is 12.9. The summed E-state index contributed by atoms with van der Waals surface area (Å²) < 4.78 is 208. The summed E-state index contributed by atoms with van der Waals surface area (Å²) in [7, 11) is -30.9. The largest absolute Gasteiger partial charge is 0.505 e. The zero-order valence-electron chi connectivity index (χ0n) is 39.5. The Kier molecular flexibility index (Phi) is 16.2. The van der Waals surface area contributed by atoms with Crippen LogP contribution in [0.25, 0.3) is 10.8 Å². The molecule has 2 aromatic heterocycles. The van der Waals surface area contributed by atoms with Crippen LogP contribution in [0.1, 0.15) is 0 Å². The van der Waals surface area contributed by atoms with Crippen LogP contribution in [0.15, 0.2) is 147 Å². The number of aromatic hydroxyl groups is 1. The smallest absolute Gasteiger partial charge is 0.296 e. The molecule has 0 atom stereocenters. The van der Waals surface area contributed by atoms with Crippen molar-refractivity contribution < 1.29 is 82.9 Å². The summed E-state index contributed by atoms with van der Waals surface area (Å²) in [6.07, 6.45) is 0. The van der Waals surface area contributed by atoms with Gasteiger partial charge in [-0.2, -0.15) is 80.4 Å². The fourth-order valence-electron chi connectivity index (χ4n) is 7.00. The van der Waals surface area contributed by atoms with E-state index in [4.69, 9.17) is 28.9 Å². The van der Waals surface area contributed by atoms with Crippen molar-refractivity contribution >= 4 is 170 Å². The van der Waals surface area contributed by atoms with Crippen LogP contribution in [-0.2, 0) is 60.7 Å². The van der Waals surface area contributed by atoms with E-state index in [9.17, 15) is 82.9 Å². The molecule has 42 heteroatoms. The topological polar surface area (TPSA) is 547 Å². The number of aromatic nitrogens is 6. The number of phenols is 1. The van der Waals surface area contributed by atoms with Gasteiger partial charge in [0.05, 0.1) is 20.9 Å². The number of benzene rings is 6. The number of hydrogen-bond acceptors (Lipinski definition) is 28. The van der Waals surface area contributed by atoms with Gasteiger partial charge in [-0.15, -0.1) is 20.5 Å². The summed E-state index contributed by atoms with van der Waals surface area (Å²) in [6.45, 7) is 0. The number of halogens is 2. The lowest BCUT2D eigenvalue weighted by Gasteiger charge is -2.14. The molecular formula is C40H29Cl2N15O19S6. The molecule has 0 spiro atoms. The van der Waals surface area contributed by atoms with E-state index in [-0.39, 0.29) is 46.5 Å². The zero-order valence-corrected chi connectivity index (χ0v) is 45.9. The van der Waals surface area contributed by atoms with Gasteiger partial charge in [-0.05, 0) is 114 Å². The normalized spacial score (nSPS) is 12.7. The lowest BCUT2D eigenvalue weighted by atomic mass is 10.1. The van der Waals surface area contributed by atoms with Crippen LogP contribution in [0.4, 0.5) is 75.0 Å². The summed E-state index contributed by atoms with van der Waals surface area (Å²) in [4.78, 5) is 18.0. The minimum Gasteiger partial charge on any atom is -0.505 e. The first-order valence-electron chi connectivity index (χ1n) is 21.2. The van der Waals surface area contributed by atoms with Crippen molar-refractivity contribution in [2.45, 2.75) is 29.4 Å². The zero-order chi connectivity index (χ0) is 60.1. The Morgan fingerprint density at radius 1 is 0.402 bits per heavy atom. The number of rotatable bonds is 18. The van der Waals surface area contributed by atoms with Gasteiger partial charge in [0.25, 0.3) is 60.7 Å². The molecule has 0 aliphatic carbocycles. The Morgan fingerprint density at radius 2 is 0.744 bits per heavy atom. The van der Waals surface area contributed by atoms with Gasteiger partial charge in [0.2, 0.25) is 34.4 Å². The molecule has 0 saturated carbocycles. The van der Waals surface area contributed by atoms with Gasteiger partial charge in [-0.25, -0.2) is 0 Å². The molecule has 428 valence electrons. The third kappa shape index (κ3) is 14.0. The first kappa shape index (κ1) is 59.8. The van der Waals surface area contributed by atoms with Crippen LogP contribution in [0.5, 0.6) is 5.75 Å². The van der Waals surface area contributed by atoms with Crippen molar-refractivity contribution in [2.24, 2.45) is 20.5 Å². The van der Waals surface area contributed by atoms with Gasteiger partial charge in [-0.1, -0.05) is 12.1 Å². The van der Waals surface area contributed by atoms with E-state index in [2.05, 4.69) is 71.6 Å². The van der Waals surface area contributed by atoms with E-state index < -0.39 is 146 Å². The number of nitrogens with two attached hydrogens (primary N) is 1. The van der Waals surface area contributed by atoms with Gasteiger partial charge in [0.15, 0.2) is 5.75 Å². The van der Waals surface area contributed by atoms with Crippen molar-refractivity contribution in [1.82, 2.24) is 29.9 Å². The molecule has 0 amide bonds. The number of nitrogens with zero attached hydrogens (tertiary/aromatic N) is 10. The van der Waals surface area contributed by atoms with E-state index in [1.54, 1.807) is 0 Å². The molecule has 0 unspecified atom stereocenters. The fourth-order valence-corrected chi connectivity index (χ4v) is 10.9. The number of phenolic OH excluding ortho intramolecular Hbond substituents is 1. The number of hydrogen-bond donors (Lipinski definition) is 12. The molecule has 0 aliphatic rings. The monoisotopic (exact) mass is 1280 g/mol. The molecule has 8 aromatic rings. The number of anilines is 9. The first-order chi connectivity index (χ1) is 38.0. The SMILES string of the molecule is Nc1c(N=Nc2cc(Nc3nc(Cl)nc(Nc4cccc(S(=O)(=O)O)c4)n3)ccc2S(=O)(=O)O)c(S(=O)(=O)O)cc2cc(S(=O)(=O)O)c(N=Nc3cc(Nc4nc(Cl)nc(Nc5cccc(S(=O)(=O)O)c5)n4)ccc3S(=O)(=O)O)c(O)c12. The number of nitrogen functional groups attached to an aromatic ring is 1. The van der Waals surface area contributed by atoms with Crippen LogP contribution in [0, 0.1) is 0 Å². The molecule has 0 bridgehead atoms. The van der Waals surface area contributed by atoms with Crippen molar-refractivity contribution in [1.29, 1.82) is 0 Å². The van der Waals surface area contributed by atoms with Gasteiger partial charge >= 0.3 is 0 Å². The lowest BCUT2D eigenvalue weighted by molar-refractivity contribution is 0.472. The van der Waals surface area contributed by atoms with E-state index >= 15 is 0 Å². The quantitative estimate of drug-likeness (QED) is 0.0232. The van der Waals surface area contributed by atoms with Gasteiger partial charge in [0, 0.05) is 22.7 Å². The summed E-state index contributed by atoms with van der Waals surface area (Å²) in [6, 6.07) is 15.7. The molecule has 82 heavy (non-hydrogen) atoms. The number of azo groups is 2. The highest BCUT2D eigenvalue weighted by molar-refractivity contribution is 7.87. The average molecular weight is 1290 g/mol. The van der Waals surface area contributed by atoms with E-state index in [1.807, 2.05) is 0 Å². The highest BCUT2D eigenvalue weighted by Gasteiger charge is 2.29. The van der Waals surface area contributed by atoms with Crippen LogP contribution < -0.4 is 27.0 Å². The van der Waals surface area contributed by atoms with Crippen molar-refractivity contribution in [3.05, 3.63) is 108 Å². The maximum absolute atomic E-state index is 12.9.